The molecule has 0 saturated heterocycles. The Morgan fingerprint density at radius 1 is 0.970 bits per heavy atom. The van der Waals surface area contributed by atoms with Crippen LogP contribution in [0.4, 0.5) is 0 Å². The zero-order chi connectivity index (χ0) is 22.5. The first-order chi connectivity index (χ1) is 16.2. The molecule has 0 saturated carbocycles. The fourth-order valence-corrected chi connectivity index (χ4v) is 4.99. The van der Waals surface area contributed by atoms with Crippen LogP contribution in [0.1, 0.15) is 21.7 Å². The van der Waals surface area contributed by atoms with Crippen molar-refractivity contribution >= 4 is 50.2 Å². The molecule has 0 fully saturated rings. The van der Waals surface area contributed by atoms with Crippen molar-refractivity contribution in [3.05, 3.63) is 88.7 Å². The maximum absolute atomic E-state index is 13.0. The van der Waals surface area contributed by atoms with Gasteiger partial charge in [0.15, 0.2) is 11.4 Å². The molecule has 3 aromatic heterocycles. The van der Waals surface area contributed by atoms with Crippen molar-refractivity contribution in [1.82, 2.24) is 4.98 Å². The van der Waals surface area contributed by atoms with Gasteiger partial charge in [-0.05, 0) is 29.2 Å². The van der Waals surface area contributed by atoms with E-state index in [4.69, 9.17) is 8.83 Å². The number of fused-ring (bicyclic) bond motifs is 3. The van der Waals surface area contributed by atoms with Crippen molar-refractivity contribution < 1.29 is 13.6 Å². The molecule has 5 aromatic rings. The standard InChI is InChI=1S/C26H11N3O3S/c27-12-15(13-28)23-17-6-2-3-7-18(17)24(30)19(23)10-16-11-20-25(31-16)29-26(32-20)22-9-14-5-1-4-8-21(14)33-22/h1-11H/b19-10-. The van der Waals surface area contributed by atoms with Crippen LogP contribution in [0.3, 0.4) is 0 Å². The van der Waals surface area contributed by atoms with Gasteiger partial charge in [0.1, 0.15) is 23.5 Å². The second-order valence-corrected chi connectivity index (χ2v) is 8.48. The monoisotopic (exact) mass is 445 g/mol. The number of rotatable bonds is 2. The fraction of sp³-hybridized carbons (Fsp3) is 0. The molecule has 2 aromatic carbocycles. The summed E-state index contributed by atoms with van der Waals surface area (Å²) in [4.78, 5) is 18.4. The van der Waals surface area contributed by atoms with Crippen LogP contribution in [-0.4, -0.2) is 10.8 Å². The Labute approximate surface area is 190 Å². The summed E-state index contributed by atoms with van der Waals surface area (Å²) in [6, 6.07) is 22.4. The number of benzene rings is 2. The molecule has 3 heterocycles. The Hall–Kier alpha value is -4.72. The molecule has 0 amide bonds. The van der Waals surface area contributed by atoms with E-state index in [0.717, 1.165) is 15.0 Å². The summed E-state index contributed by atoms with van der Waals surface area (Å²) in [6.07, 6.45) is 1.53. The number of aromatic nitrogens is 1. The zero-order valence-electron chi connectivity index (χ0n) is 16.8. The van der Waals surface area contributed by atoms with Crippen LogP contribution >= 0.6 is 11.3 Å². The number of nitriles is 2. The van der Waals surface area contributed by atoms with Gasteiger partial charge in [0.25, 0.3) is 5.71 Å². The summed E-state index contributed by atoms with van der Waals surface area (Å²) in [5.41, 5.74) is 2.18. The number of oxazole rings is 1. The van der Waals surface area contributed by atoms with E-state index in [1.54, 1.807) is 41.7 Å². The van der Waals surface area contributed by atoms with Crippen LogP contribution in [0.5, 0.6) is 0 Å². The number of hydrogen-bond acceptors (Lipinski definition) is 7. The number of thiophene rings is 1. The average molecular weight is 445 g/mol. The summed E-state index contributed by atoms with van der Waals surface area (Å²) >= 11 is 1.58. The summed E-state index contributed by atoms with van der Waals surface area (Å²) in [7, 11) is 0. The molecule has 33 heavy (non-hydrogen) atoms. The number of furan rings is 1. The van der Waals surface area contributed by atoms with Gasteiger partial charge in [0.05, 0.1) is 4.88 Å². The summed E-state index contributed by atoms with van der Waals surface area (Å²) in [5.74, 6) is 0.545. The molecule has 0 aliphatic heterocycles. The van der Waals surface area contributed by atoms with Crippen molar-refractivity contribution in [3.8, 4) is 22.9 Å². The van der Waals surface area contributed by atoms with E-state index < -0.39 is 0 Å². The van der Waals surface area contributed by atoms with Gasteiger partial charge >= 0.3 is 0 Å². The summed E-state index contributed by atoms with van der Waals surface area (Å²) in [6.45, 7) is 0. The lowest BCUT2D eigenvalue weighted by Gasteiger charge is -2.00. The number of Topliss-reactive ketones (excluding diaryl/α,β-unsaturated/α-hetero) is 1. The smallest absolute Gasteiger partial charge is 0.266 e. The molecule has 0 spiro atoms. The molecule has 154 valence electrons. The Bertz CT molecular complexity index is 1680. The Morgan fingerprint density at radius 3 is 2.48 bits per heavy atom. The number of carbonyl (C=O) groups is 1. The average Bonchev–Trinajstić information content (AvgIpc) is 3.57. The molecule has 6 rings (SSSR count). The molecule has 1 aliphatic rings. The maximum atomic E-state index is 13.0. The van der Waals surface area contributed by atoms with E-state index >= 15 is 0 Å². The lowest BCUT2D eigenvalue weighted by Crippen LogP contribution is -1.95. The van der Waals surface area contributed by atoms with Crippen molar-refractivity contribution in [3.63, 3.8) is 0 Å². The third kappa shape index (κ3) is 2.92. The lowest BCUT2D eigenvalue weighted by atomic mass is 9.99. The Morgan fingerprint density at radius 2 is 1.73 bits per heavy atom. The normalized spacial score (nSPS) is 14.1. The number of carbonyl (C=O) groups excluding carboxylic acids is 1. The highest BCUT2D eigenvalue weighted by molar-refractivity contribution is 7.22. The second kappa shape index (κ2) is 7.16. The molecule has 1 aliphatic carbocycles. The van der Waals surface area contributed by atoms with Gasteiger partial charge in [0, 0.05) is 27.5 Å². The molecule has 7 heteroatoms. The number of nitrogens with zero attached hydrogens (tertiary/aromatic N) is 3. The van der Waals surface area contributed by atoms with Crippen LogP contribution in [0.25, 0.3) is 43.8 Å². The second-order valence-electron chi connectivity index (χ2n) is 7.39. The van der Waals surface area contributed by atoms with Gasteiger partial charge in [-0.1, -0.05) is 42.5 Å². The summed E-state index contributed by atoms with van der Waals surface area (Å²) in [5, 5.41) is 20.0. The van der Waals surface area contributed by atoms with Crippen molar-refractivity contribution in [2.45, 2.75) is 0 Å². The SMILES string of the molecule is N#CC(C#N)=C1/C(=C/c2cc3oc(-c4cc5ccccc5s4)nc3o2)C(=O)c2ccccc21. The molecular formula is C26H11N3O3S. The predicted octanol–water partition coefficient (Wildman–Crippen LogP) is 6.38. The minimum atomic E-state index is -0.268. The minimum Gasteiger partial charge on any atom is -0.436 e. The van der Waals surface area contributed by atoms with Gasteiger partial charge < -0.3 is 8.83 Å². The molecule has 0 radical (unpaired) electrons. The van der Waals surface area contributed by atoms with E-state index in [0.29, 0.717) is 39.6 Å². The van der Waals surface area contributed by atoms with Crippen LogP contribution in [-0.2, 0) is 0 Å². The van der Waals surface area contributed by atoms with E-state index in [1.165, 1.54) is 6.08 Å². The first-order valence-corrected chi connectivity index (χ1v) is 10.8. The van der Waals surface area contributed by atoms with Crippen LogP contribution < -0.4 is 0 Å². The van der Waals surface area contributed by atoms with Gasteiger partial charge in [-0.3, -0.25) is 4.79 Å². The van der Waals surface area contributed by atoms with Gasteiger partial charge in [-0.2, -0.15) is 15.5 Å². The minimum absolute atomic E-state index is 0.125. The van der Waals surface area contributed by atoms with Crippen molar-refractivity contribution in [1.29, 1.82) is 10.5 Å². The fourth-order valence-electron chi connectivity index (χ4n) is 4.01. The summed E-state index contributed by atoms with van der Waals surface area (Å²) < 4.78 is 12.9. The molecular weight excluding hydrogens is 434 g/mol. The van der Waals surface area contributed by atoms with Gasteiger partial charge in [-0.15, -0.1) is 11.3 Å². The quantitative estimate of drug-likeness (QED) is 0.231. The highest BCUT2D eigenvalue weighted by atomic mass is 32.1. The first-order valence-electron chi connectivity index (χ1n) is 9.96. The topological polar surface area (TPSA) is 104 Å². The highest BCUT2D eigenvalue weighted by Crippen LogP contribution is 2.40. The molecule has 0 unspecified atom stereocenters. The first kappa shape index (κ1) is 19.0. The van der Waals surface area contributed by atoms with Crippen LogP contribution in [0, 0.1) is 22.7 Å². The predicted molar refractivity (Wildman–Crippen MR) is 124 cm³/mol. The van der Waals surface area contributed by atoms with Gasteiger partial charge in [0.2, 0.25) is 5.89 Å². The molecule has 0 bridgehead atoms. The van der Waals surface area contributed by atoms with E-state index in [-0.39, 0.29) is 16.9 Å². The molecule has 0 N–H and O–H groups in total. The number of ketones is 1. The van der Waals surface area contributed by atoms with E-state index in [2.05, 4.69) is 4.98 Å². The number of allylic oxidation sites excluding steroid dienone is 3. The van der Waals surface area contributed by atoms with E-state index in [1.807, 2.05) is 42.5 Å². The zero-order valence-corrected chi connectivity index (χ0v) is 17.6. The highest BCUT2D eigenvalue weighted by Gasteiger charge is 2.32. The maximum Gasteiger partial charge on any atom is 0.266 e. The molecule has 6 nitrogen and oxygen atoms in total. The van der Waals surface area contributed by atoms with Crippen molar-refractivity contribution in [2.75, 3.05) is 0 Å². The van der Waals surface area contributed by atoms with Crippen molar-refractivity contribution in [2.24, 2.45) is 0 Å². The number of hydrogen-bond donors (Lipinski definition) is 0. The molecule has 0 atom stereocenters. The third-order valence-electron chi connectivity index (χ3n) is 5.46. The largest absolute Gasteiger partial charge is 0.436 e. The lowest BCUT2D eigenvalue weighted by molar-refractivity contribution is 0.104. The third-order valence-corrected chi connectivity index (χ3v) is 6.56. The van der Waals surface area contributed by atoms with Gasteiger partial charge in [-0.25, -0.2) is 0 Å². The van der Waals surface area contributed by atoms with Crippen LogP contribution in [0.15, 0.2) is 80.6 Å². The van der Waals surface area contributed by atoms with Crippen LogP contribution in [0.2, 0.25) is 0 Å². The van der Waals surface area contributed by atoms with E-state index in [9.17, 15) is 15.3 Å². The Balaban J connectivity index is 1.43. The Kier molecular flexibility index (Phi) is 4.13.